The number of nitrogens with zero attached hydrogens (tertiary/aromatic N) is 3. The van der Waals surface area contributed by atoms with E-state index in [0.29, 0.717) is 16.4 Å². The fraction of sp³-hybridized carbons (Fsp3) is 0.111. The Labute approximate surface area is 147 Å². The van der Waals surface area contributed by atoms with Crippen LogP contribution in [0.5, 0.6) is 0 Å². The van der Waals surface area contributed by atoms with Crippen LogP contribution >= 0.6 is 23.2 Å². The average Bonchev–Trinajstić information content (AvgIpc) is 2.93. The normalized spacial score (nSPS) is 11.5. The van der Waals surface area contributed by atoms with Gasteiger partial charge in [0, 0.05) is 23.1 Å². The van der Waals surface area contributed by atoms with Crippen LogP contribution in [0, 0.1) is 0 Å². The van der Waals surface area contributed by atoms with Crippen LogP contribution in [0.4, 0.5) is 0 Å². The van der Waals surface area contributed by atoms with Gasteiger partial charge in [0.15, 0.2) is 5.52 Å². The Kier molecular flexibility index (Phi) is 3.59. The van der Waals surface area contributed by atoms with Crippen LogP contribution in [0.15, 0.2) is 53.3 Å². The molecule has 6 heteroatoms. The molecule has 0 saturated carbocycles. The lowest BCUT2D eigenvalue weighted by Crippen LogP contribution is -2.19. The summed E-state index contributed by atoms with van der Waals surface area (Å²) in [5.41, 5.74) is 2.52. The molecule has 0 unspecified atom stereocenters. The molecule has 4 rings (SSSR count). The third-order valence-corrected chi connectivity index (χ3v) is 4.66. The van der Waals surface area contributed by atoms with Crippen LogP contribution in [0.3, 0.4) is 0 Å². The molecule has 0 spiro atoms. The van der Waals surface area contributed by atoms with Gasteiger partial charge in [-0.2, -0.15) is 0 Å². The fourth-order valence-corrected chi connectivity index (χ4v) is 3.47. The van der Waals surface area contributed by atoms with Crippen molar-refractivity contribution in [2.24, 2.45) is 7.05 Å². The van der Waals surface area contributed by atoms with Crippen molar-refractivity contribution < 1.29 is 0 Å². The van der Waals surface area contributed by atoms with Gasteiger partial charge in [0.25, 0.3) is 5.56 Å². The molecule has 0 amide bonds. The third-order valence-electron chi connectivity index (χ3n) is 4.18. The van der Waals surface area contributed by atoms with Crippen LogP contribution in [0.2, 0.25) is 5.02 Å². The number of pyridine rings is 1. The van der Waals surface area contributed by atoms with E-state index in [2.05, 4.69) is 4.98 Å². The highest BCUT2D eigenvalue weighted by atomic mass is 35.5. The molecule has 2 heterocycles. The first-order chi connectivity index (χ1) is 11.6. The van der Waals surface area contributed by atoms with E-state index in [4.69, 9.17) is 23.2 Å². The molecule has 120 valence electrons. The lowest BCUT2D eigenvalue weighted by molar-refractivity contribution is 0.876. The maximum absolute atomic E-state index is 13.1. The van der Waals surface area contributed by atoms with E-state index >= 15 is 0 Å². The number of alkyl halides is 1. The van der Waals surface area contributed by atoms with Crippen molar-refractivity contribution in [2.75, 3.05) is 0 Å². The first kappa shape index (κ1) is 15.2. The van der Waals surface area contributed by atoms with Crippen LogP contribution in [0.25, 0.3) is 27.6 Å². The zero-order chi connectivity index (χ0) is 16.8. The van der Waals surface area contributed by atoms with E-state index in [1.807, 2.05) is 54.1 Å². The molecule has 0 aliphatic rings. The van der Waals surface area contributed by atoms with Crippen LogP contribution in [-0.4, -0.2) is 14.1 Å². The molecular weight excluding hydrogens is 345 g/mol. The highest BCUT2D eigenvalue weighted by molar-refractivity contribution is 6.31. The van der Waals surface area contributed by atoms with Crippen molar-refractivity contribution in [3.05, 3.63) is 69.7 Å². The molecule has 2 aromatic carbocycles. The summed E-state index contributed by atoms with van der Waals surface area (Å²) in [7, 11) is 1.87. The van der Waals surface area contributed by atoms with Gasteiger partial charge in [0.1, 0.15) is 5.82 Å². The Balaban J connectivity index is 2.28. The van der Waals surface area contributed by atoms with Crippen molar-refractivity contribution in [3.8, 4) is 5.69 Å². The number of imidazole rings is 1. The monoisotopic (exact) mass is 357 g/mol. The topological polar surface area (TPSA) is 39.8 Å². The molecule has 24 heavy (non-hydrogen) atoms. The van der Waals surface area contributed by atoms with E-state index in [0.717, 1.165) is 22.1 Å². The van der Waals surface area contributed by atoms with Gasteiger partial charge in [0.05, 0.1) is 16.9 Å². The molecule has 0 atom stereocenters. The Bertz CT molecular complexity index is 1130. The van der Waals surface area contributed by atoms with Crippen molar-refractivity contribution >= 4 is 45.1 Å². The zero-order valence-electron chi connectivity index (χ0n) is 12.8. The molecule has 0 bridgehead atoms. The number of aromatic nitrogens is 3. The lowest BCUT2D eigenvalue weighted by Gasteiger charge is -2.12. The van der Waals surface area contributed by atoms with Gasteiger partial charge in [0.2, 0.25) is 0 Å². The van der Waals surface area contributed by atoms with Gasteiger partial charge in [-0.3, -0.25) is 9.36 Å². The van der Waals surface area contributed by atoms with E-state index in [1.54, 1.807) is 10.6 Å². The van der Waals surface area contributed by atoms with Gasteiger partial charge in [-0.25, -0.2) is 4.98 Å². The van der Waals surface area contributed by atoms with E-state index in [9.17, 15) is 4.79 Å². The lowest BCUT2D eigenvalue weighted by atomic mass is 10.1. The summed E-state index contributed by atoms with van der Waals surface area (Å²) >= 11 is 12.2. The first-order valence-corrected chi connectivity index (χ1v) is 8.34. The van der Waals surface area contributed by atoms with Gasteiger partial charge >= 0.3 is 0 Å². The summed E-state index contributed by atoms with van der Waals surface area (Å²) in [4.78, 5) is 17.6. The minimum Gasteiger partial charge on any atom is -0.329 e. The van der Waals surface area contributed by atoms with E-state index in [-0.39, 0.29) is 11.4 Å². The van der Waals surface area contributed by atoms with Crippen molar-refractivity contribution in [1.29, 1.82) is 0 Å². The highest BCUT2D eigenvalue weighted by Crippen LogP contribution is 2.28. The van der Waals surface area contributed by atoms with Crippen LogP contribution in [-0.2, 0) is 12.9 Å². The zero-order valence-corrected chi connectivity index (χ0v) is 14.3. The average molecular weight is 358 g/mol. The number of fused-ring (bicyclic) bond motifs is 3. The third kappa shape index (κ3) is 2.14. The van der Waals surface area contributed by atoms with E-state index in [1.165, 1.54) is 0 Å². The highest BCUT2D eigenvalue weighted by Gasteiger charge is 2.18. The SMILES string of the molecule is Cn1c(CCl)nc2c(=O)n(-c3ccccc3)c3cc(Cl)ccc3c21. The van der Waals surface area contributed by atoms with Gasteiger partial charge in [-0.1, -0.05) is 29.8 Å². The molecule has 0 radical (unpaired) electrons. The number of hydrogen-bond donors (Lipinski definition) is 0. The molecule has 0 fully saturated rings. The number of para-hydroxylation sites is 1. The van der Waals surface area contributed by atoms with Crippen molar-refractivity contribution in [1.82, 2.24) is 14.1 Å². The van der Waals surface area contributed by atoms with Crippen LogP contribution in [0.1, 0.15) is 5.82 Å². The fourth-order valence-electron chi connectivity index (χ4n) is 3.06. The maximum atomic E-state index is 13.1. The Morgan fingerprint density at radius 2 is 1.88 bits per heavy atom. The predicted molar refractivity (Wildman–Crippen MR) is 98.4 cm³/mol. The molecule has 4 aromatic rings. The minimum atomic E-state index is -0.182. The smallest absolute Gasteiger partial charge is 0.283 e. The molecule has 0 aliphatic heterocycles. The molecule has 0 N–H and O–H groups in total. The second kappa shape index (κ2) is 5.65. The molecule has 0 aliphatic carbocycles. The van der Waals surface area contributed by atoms with Crippen molar-refractivity contribution in [2.45, 2.75) is 5.88 Å². The second-order valence-corrected chi connectivity index (χ2v) is 6.26. The summed E-state index contributed by atoms with van der Waals surface area (Å²) in [6.07, 6.45) is 0. The number of rotatable bonds is 2. The molecule has 2 aromatic heterocycles. The Hall–Kier alpha value is -2.30. The van der Waals surface area contributed by atoms with Gasteiger partial charge in [-0.15, -0.1) is 11.6 Å². The predicted octanol–water partition coefficient (Wildman–Crippen LogP) is 4.27. The van der Waals surface area contributed by atoms with Gasteiger partial charge in [-0.05, 0) is 30.3 Å². The standard InChI is InChI=1S/C18H13Cl2N3O/c1-22-15(10-19)21-16-17(22)13-8-7-11(20)9-14(13)23(18(16)24)12-5-3-2-4-6-12/h2-9H,10H2,1H3. The van der Waals surface area contributed by atoms with Crippen LogP contribution < -0.4 is 5.56 Å². The number of hydrogen-bond acceptors (Lipinski definition) is 2. The second-order valence-electron chi connectivity index (χ2n) is 5.56. The summed E-state index contributed by atoms with van der Waals surface area (Å²) in [5.74, 6) is 0.899. The summed E-state index contributed by atoms with van der Waals surface area (Å²) in [6, 6.07) is 15.0. The Morgan fingerprint density at radius 1 is 1.12 bits per heavy atom. The van der Waals surface area contributed by atoms with E-state index < -0.39 is 0 Å². The molecule has 0 saturated heterocycles. The number of halogens is 2. The number of aryl methyl sites for hydroxylation is 1. The first-order valence-electron chi connectivity index (χ1n) is 7.43. The van der Waals surface area contributed by atoms with Crippen molar-refractivity contribution in [3.63, 3.8) is 0 Å². The summed E-state index contributed by atoms with van der Waals surface area (Å²) in [6.45, 7) is 0. The Morgan fingerprint density at radius 3 is 2.58 bits per heavy atom. The maximum Gasteiger partial charge on any atom is 0.283 e. The molecular formula is C18H13Cl2N3O. The summed E-state index contributed by atoms with van der Waals surface area (Å²) in [5, 5.41) is 1.48. The summed E-state index contributed by atoms with van der Waals surface area (Å²) < 4.78 is 3.52. The van der Waals surface area contributed by atoms with Gasteiger partial charge < -0.3 is 4.57 Å². The number of benzene rings is 2. The quantitative estimate of drug-likeness (QED) is 0.502. The minimum absolute atomic E-state index is 0.182. The molecule has 4 nitrogen and oxygen atoms in total. The largest absolute Gasteiger partial charge is 0.329 e.